The second-order valence-electron chi connectivity index (χ2n) is 4.80. The van der Waals surface area contributed by atoms with Crippen LogP contribution in [-0.2, 0) is 6.54 Å². The van der Waals surface area contributed by atoms with Crippen molar-refractivity contribution in [2.24, 2.45) is 0 Å². The molecule has 1 heterocycles. The van der Waals surface area contributed by atoms with Crippen LogP contribution in [0.4, 0.5) is 5.69 Å². The summed E-state index contributed by atoms with van der Waals surface area (Å²) >= 11 is 6.03. The largest absolute Gasteiger partial charge is 0.394 e. The second-order valence-corrected chi connectivity index (χ2v) is 5.21. The molecule has 19 heavy (non-hydrogen) atoms. The van der Waals surface area contributed by atoms with Gasteiger partial charge in [0, 0.05) is 0 Å². The molecule has 0 spiro atoms. The van der Waals surface area contributed by atoms with Crippen molar-refractivity contribution in [3.8, 4) is 12.3 Å². The number of halogens is 1. The van der Waals surface area contributed by atoms with Gasteiger partial charge in [0.1, 0.15) is 12.2 Å². The summed E-state index contributed by atoms with van der Waals surface area (Å²) in [6, 6.07) is 0. The van der Waals surface area contributed by atoms with E-state index in [4.69, 9.17) is 18.0 Å². The first-order valence-electron chi connectivity index (χ1n) is 6.20. The zero-order chi connectivity index (χ0) is 13.9. The molecule has 0 amide bonds. The van der Waals surface area contributed by atoms with Gasteiger partial charge in [-0.05, 0) is 12.8 Å². The molecule has 1 aromatic heterocycles. The summed E-state index contributed by atoms with van der Waals surface area (Å²) in [4.78, 5) is 12.2. The number of anilines is 1. The lowest BCUT2D eigenvalue weighted by molar-refractivity contribution is 0.214. The zero-order valence-corrected chi connectivity index (χ0v) is 11.3. The number of nitrogens with zero attached hydrogens (tertiary/aromatic N) is 2. The van der Waals surface area contributed by atoms with Gasteiger partial charge in [-0.25, -0.2) is 4.68 Å². The van der Waals surface area contributed by atoms with Gasteiger partial charge in [0.05, 0.1) is 23.4 Å². The van der Waals surface area contributed by atoms with Crippen molar-refractivity contribution < 1.29 is 5.11 Å². The first kappa shape index (κ1) is 13.9. The number of aliphatic hydroxyl groups is 1. The van der Waals surface area contributed by atoms with Crippen molar-refractivity contribution in [3.63, 3.8) is 0 Å². The van der Waals surface area contributed by atoms with E-state index in [1.54, 1.807) is 0 Å². The minimum atomic E-state index is -0.460. The van der Waals surface area contributed by atoms with E-state index in [0.29, 0.717) is 0 Å². The summed E-state index contributed by atoms with van der Waals surface area (Å²) in [5, 5.41) is 16.8. The van der Waals surface area contributed by atoms with Crippen molar-refractivity contribution in [2.45, 2.75) is 37.8 Å². The van der Waals surface area contributed by atoms with E-state index in [1.165, 1.54) is 10.9 Å². The molecular formula is C13H16ClN3O2. The Morgan fingerprint density at radius 1 is 1.58 bits per heavy atom. The summed E-state index contributed by atoms with van der Waals surface area (Å²) in [7, 11) is 0. The molecule has 6 heteroatoms. The van der Waals surface area contributed by atoms with Crippen molar-refractivity contribution in [3.05, 3.63) is 21.6 Å². The maximum Gasteiger partial charge on any atom is 0.292 e. The van der Waals surface area contributed by atoms with Crippen LogP contribution in [0.5, 0.6) is 0 Å². The predicted octanol–water partition coefficient (Wildman–Crippen LogP) is 1.25. The molecule has 0 aromatic carbocycles. The highest BCUT2D eigenvalue weighted by Gasteiger charge is 2.34. The maximum absolute atomic E-state index is 12.2. The van der Waals surface area contributed by atoms with Crippen molar-refractivity contribution in [2.75, 3.05) is 11.9 Å². The topological polar surface area (TPSA) is 67.2 Å². The lowest BCUT2D eigenvalue weighted by Crippen LogP contribution is -2.42. The minimum absolute atomic E-state index is 0.0275. The average molecular weight is 282 g/mol. The molecule has 5 nitrogen and oxygen atoms in total. The van der Waals surface area contributed by atoms with E-state index < -0.39 is 5.54 Å². The van der Waals surface area contributed by atoms with Crippen molar-refractivity contribution in [1.29, 1.82) is 0 Å². The third kappa shape index (κ3) is 2.75. The molecule has 102 valence electrons. The number of hydrogen-bond acceptors (Lipinski definition) is 4. The second kappa shape index (κ2) is 5.64. The van der Waals surface area contributed by atoms with Crippen LogP contribution >= 0.6 is 11.6 Å². The van der Waals surface area contributed by atoms with Gasteiger partial charge < -0.3 is 10.4 Å². The molecule has 0 unspecified atom stereocenters. The average Bonchev–Trinajstić information content (AvgIpc) is 2.87. The first-order valence-corrected chi connectivity index (χ1v) is 6.58. The fraction of sp³-hybridized carbons (Fsp3) is 0.538. The van der Waals surface area contributed by atoms with E-state index in [9.17, 15) is 9.90 Å². The van der Waals surface area contributed by atoms with Gasteiger partial charge in [-0.15, -0.1) is 6.42 Å². The SMILES string of the molecule is C#CCn1ncc(Cl)c(NC2(CO)CCCC2)c1=O. The fourth-order valence-electron chi connectivity index (χ4n) is 2.42. The third-order valence-electron chi connectivity index (χ3n) is 3.49. The summed E-state index contributed by atoms with van der Waals surface area (Å²) in [6.45, 7) is 0.0665. The van der Waals surface area contributed by atoms with Crippen LogP contribution in [0.3, 0.4) is 0 Å². The molecule has 1 aromatic rings. The highest BCUT2D eigenvalue weighted by atomic mass is 35.5. The van der Waals surface area contributed by atoms with Crippen molar-refractivity contribution in [1.82, 2.24) is 9.78 Å². The molecule has 1 fully saturated rings. The molecule has 0 atom stereocenters. The smallest absolute Gasteiger partial charge is 0.292 e. The fourth-order valence-corrected chi connectivity index (χ4v) is 2.59. The molecule has 0 aliphatic heterocycles. The van der Waals surface area contributed by atoms with E-state index in [0.717, 1.165) is 25.7 Å². The molecular weight excluding hydrogens is 266 g/mol. The third-order valence-corrected chi connectivity index (χ3v) is 3.78. The minimum Gasteiger partial charge on any atom is -0.394 e. The van der Waals surface area contributed by atoms with Gasteiger partial charge in [-0.1, -0.05) is 30.4 Å². The Labute approximate surface area is 116 Å². The van der Waals surface area contributed by atoms with E-state index in [-0.39, 0.29) is 29.4 Å². The van der Waals surface area contributed by atoms with Crippen LogP contribution in [0, 0.1) is 12.3 Å². The molecule has 0 radical (unpaired) electrons. The number of terminal acetylenes is 1. The van der Waals surface area contributed by atoms with Crippen molar-refractivity contribution >= 4 is 17.3 Å². The van der Waals surface area contributed by atoms with Crippen LogP contribution in [0.15, 0.2) is 11.0 Å². The van der Waals surface area contributed by atoms with E-state index >= 15 is 0 Å². The first-order chi connectivity index (χ1) is 9.12. The number of rotatable bonds is 4. The Kier molecular flexibility index (Phi) is 4.13. The quantitative estimate of drug-likeness (QED) is 0.815. The van der Waals surface area contributed by atoms with Gasteiger partial charge >= 0.3 is 0 Å². The molecule has 2 N–H and O–H groups in total. The monoisotopic (exact) mass is 281 g/mol. The molecule has 2 rings (SSSR count). The summed E-state index contributed by atoms with van der Waals surface area (Å²) in [6.07, 6.45) is 10.3. The maximum atomic E-state index is 12.2. The molecule has 1 aliphatic rings. The van der Waals surface area contributed by atoms with Crippen LogP contribution in [0.1, 0.15) is 25.7 Å². The Balaban J connectivity index is 2.37. The van der Waals surface area contributed by atoms with Gasteiger partial charge in [-0.3, -0.25) is 4.79 Å². The molecule has 1 saturated carbocycles. The standard InChI is InChI=1S/C13H16ClN3O2/c1-2-7-17-12(19)11(10(14)8-15-17)16-13(9-18)5-3-4-6-13/h1,8,16,18H,3-7,9H2. The summed E-state index contributed by atoms with van der Waals surface area (Å²) in [5.74, 6) is 2.37. The summed E-state index contributed by atoms with van der Waals surface area (Å²) < 4.78 is 1.17. The van der Waals surface area contributed by atoms with E-state index in [2.05, 4.69) is 16.3 Å². The number of hydrogen-bond donors (Lipinski definition) is 2. The Morgan fingerprint density at radius 3 is 2.84 bits per heavy atom. The van der Waals surface area contributed by atoms with Crippen LogP contribution in [-0.4, -0.2) is 27.0 Å². The normalized spacial score (nSPS) is 17.1. The summed E-state index contributed by atoms with van der Waals surface area (Å²) in [5.41, 5.74) is -0.550. The predicted molar refractivity (Wildman–Crippen MR) is 74.2 cm³/mol. The molecule has 1 aliphatic carbocycles. The van der Waals surface area contributed by atoms with Crippen LogP contribution < -0.4 is 10.9 Å². The van der Waals surface area contributed by atoms with Gasteiger partial charge in [-0.2, -0.15) is 5.10 Å². The highest BCUT2D eigenvalue weighted by Crippen LogP contribution is 2.33. The lowest BCUT2D eigenvalue weighted by Gasteiger charge is -2.29. The number of aliphatic hydroxyl groups excluding tert-OH is 1. The molecule has 0 saturated heterocycles. The Hall–Kier alpha value is -1.51. The van der Waals surface area contributed by atoms with Gasteiger partial charge in [0.2, 0.25) is 0 Å². The van der Waals surface area contributed by atoms with E-state index in [1.807, 2.05) is 0 Å². The van der Waals surface area contributed by atoms with Crippen LogP contribution in [0.2, 0.25) is 5.02 Å². The van der Waals surface area contributed by atoms with Crippen LogP contribution in [0.25, 0.3) is 0 Å². The van der Waals surface area contributed by atoms with Gasteiger partial charge in [0.15, 0.2) is 0 Å². The molecule has 0 bridgehead atoms. The Bertz CT molecular complexity index is 556. The zero-order valence-electron chi connectivity index (χ0n) is 10.5. The Morgan fingerprint density at radius 2 is 2.26 bits per heavy atom. The number of nitrogens with one attached hydrogen (secondary N) is 1. The number of aromatic nitrogens is 2. The van der Waals surface area contributed by atoms with Gasteiger partial charge in [0.25, 0.3) is 5.56 Å². The highest BCUT2D eigenvalue weighted by molar-refractivity contribution is 6.33. The lowest BCUT2D eigenvalue weighted by atomic mass is 9.98.